The number of halogens is 3. The van der Waals surface area contributed by atoms with E-state index in [0.29, 0.717) is 6.07 Å². The Balaban J connectivity index is 3.55. The van der Waals surface area contributed by atoms with Crippen LogP contribution in [0.25, 0.3) is 0 Å². The summed E-state index contributed by atoms with van der Waals surface area (Å²) < 4.78 is 37.2. The third-order valence-corrected chi connectivity index (χ3v) is 1.74. The molecule has 0 aliphatic heterocycles. The van der Waals surface area contributed by atoms with Gasteiger partial charge in [0.15, 0.2) is 0 Å². The smallest absolute Gasteiger partial charge is 0.366 e. The number of carbonyl (C=O) groups excluding carboxylic acids is 1. The third kappa shape index (κ3) is 2.07. The predicted molar refractivity (Wildman–Crippen MR) is 44.7 cm³/mol. The van der Waals surface area contributed by atoms with E-state index >= 15 is 0 Å². The molecule has 0 saturated carbocycles. The van der Waals surface area contributed by atoms with E-state index in [-0.39, 0.29) is 5.56 Å². The first-order valence-electron chi connectivity index (χ1n) is 3.78. The summed E-state index contributed by atoms with van der Waals surface area (Å²) in [5, 5.41) is 8.53. The third-order valence-electron chi connectivity index (χ3n) is 1.74. The highest BCUT2D eigenvalue weighted by molar-refractivity contribution is 5.97. The largest absolute Gasteiger partial charge is 0.417 e. The quantitative estimate of drug-likeness (QED) is 0.772. The van der Waals surface area contributed by atoms with Crippen molar-refractivity contribution < 1.29 is 18.0 Å². The average Bonchev–Trinajstić information content (AvgIpc) is 2.15. The fourth-order valence-corrected chi connectivity index (χ4v) is 1.15. The van der Waals surface area contributed by atoms with Gasteiger partial charge in [0.1, 0.15) is 0 Å². The lowest BCUT2D eigenvalue weighted by Crippen LogP contribution is -2.20. The van der Waals surface area contributed by atoms with Crippen LogP contribution in [0.1, 0.15) is 21.5 Å². The molecule has 0 bridgehead atoms. The number of benzene rings is 1. The maximum Gasteiger partial charge on any atom is 0.417 e. The summed E-state index contributed by atoms with van der Waals surface area (Å²) in [6.45, 7) is 0. The maximum atomic E-state index is 12.4. The summed E-state index contributed by atoms with van der Waals surface area (Å²) in [5.74, 6) is -1.26. The fourth-order valence-electron chi connectivity index (χ4n) is 1.15. The van der Waals surface area contributed by atoms with Crippen molar-refractivity contribution in [2.75, 3.05) is 0 Å². The summed E-state index contributed by atoms with van der Waals surface area (Å²) in [6.07, 6.45) is -4.70. The van der Waals surface area contributed by atoms with Crippen LogP contribution >= 0.6 is 0 Å². The Morgan fingerprint density at radius 2 is 2.00 bits per heavy atom. The minimum atomic E-state index is -4.70. The molecule has 0 aliphatic carbocycles. The van der Waals surface area contributed by atoms with Crippen LogP contribution in [0.5, 0.6) is 0 Å². The van der Waals surface area contributed by atoms with Crippen LogP contribution in [0.3, 0.4) is 0 Å². The van der Waals surface area contributed by atoms with Crippen LogP contribution < -0.4 is 5.73 Å². The molecule has 1 aromatic carbocycles. The monoisotopic (exact) mass is 214 g/mol. The molecule has 0 spiro atoms. The van der Waals surface area contributed by atoms with Gasteiger partial charge in [-0.05, 0) is 12.1 Å². The minimum Gasteiger partial charge on any atom is -0.366 e. The van der Waals surface area contributed by atoms with Crippen molar-refractivity contribution in [1.82, 2.24) is 0 Å². The maximum absolute atomic E-state index is 12.4. The second-order valence-electron chi connectivity index (χ2n) is 2.70. The van der Waals surface area contributed by atoms with Gasteiger partial charge in [-0.3, -0.25) is 4.79 Å². The molecule has 0 fully saturated rings. The second-order valence-corrected chi connectivity index (χ2v) is 2.70. The molecule has 0 saturated heterocycles. The van der Waals surface area contributed by atoms with E-state index in [2.05, 4.69) is 0 Å². The lowest BCUT2D eigenvalue weighted by molar-refractivity contribution is -0.137. The van der Waals surface area contributed by atoms with Gasteiger partial charge in [-0.15, -0.1) is 0 Å². The summed E-state index contributed by atoms with van der Waals surface area (Å²) in [4.78, 5) is 10.8. The molecule has 2 N–H and O–H groups in total. The van der Waals surface area contributed by atoms with Gasteiger partial charge in [0.25, 0.3) is 5.91 Å². The van der Waals surface area contributed by atoms with Crippen molar-refractivity contribution in [3.8, 4) is 6.07 Å². The standard InChI is InChI=1S/C9H5F3N2O/c10-9(11,12)6-3-1-2-5(4-13)7(6)8(14)15/h1-3H,(H2,14,15). The topological polar surface area (TPSA) is 66.9 Å². The molecule has 0 heterocycles. The molecule has 15 heavy (non-hydrogen) atoms. The molecular weight excluding hydrogens is 209 g/mol. The van der Waals surface area contributed by atoms with Crippen LogP contribution in [0, 0.1) is 11.3 Å². The molecule has 78 valence electrons. The number of rotatable bonds is 1. The molecule has 1 rings (SSSR count). The van der Waals surface area contributed by atoms with Crippen molar-refractivity contribution >= 4 is 5.91 Å². The van der Waals surface area contributed by atoms with Gasteiger partial charge in [0, 0.05) is 0 Å². The second kappa shape index (κ2) is 3.61. The molecule has 0 aromatic heterocycles. The van der Waals surface area contributed by atoms with Crippen LogP contribution in [0.4, 0.5) is 13.2 Å². The van der Waals surface area contributed by atoms with Crippen molar-refractivity contribution in [2.24, 2.45) is 5.73 Å². The first kappa shape index (κ1) is 11.0. The lowest BCUT2D eigenvalue weighted by Gasteiger charge is -2.11. The van der Waals surface area contributed by atoms with Gasteiger partial charge in [-0.2, -0.15) is 18.4 Å². The lowest BCUT2D eigenvalue weighted by atomic mass is 10.0. The van der Waals surface area contributed by atoms with Crippen molar-refractivity contribution in [3.63, 3.8) is 0 Å². The van der Waals surface area contributed by atoms with Gasteiger partial charge in [0.05, 0.1) is 22.8 Å². The zero-order valence-electron chi connectivity index (χ0n) is 7.30. The van der Waals surface area contributed by atoms with Crippen molar-refractivity contribution in [2.45, 2.75) is 6.18 Å². The molecule has 1 aromatic rings. The molecule has 0 radical (unpaired) electrons. The van der Waals surface area contributed by atoms with Gasteiger partial charge in [-0.25, -0.2) is 0 Å². The Kier molecular flexibility index (Phi) is 2.66. The molecule has 0 aliphatic rings. The van der Waals surface area contributed by atoms with Crippen molar-refractivity contribution in [3.05, 3.63) is 34.9 Å². The summed E-state index contributed by atoms with van der Waals surface area (Å²) >= 11 is 0. The molecule has 1 amide bonds. The Morgan fingerprint density at radius 1 is 1.40 bits per heavy atom. The van der Waals surface area contributed by atoms with Gasteiger partial charge >= 0.3 is 6.18 Å². The number of primary amides is 1. The van der Waals surface area contributed by atoms with Gasteiger partial charge in [0.2, 0.25) is 0 Å². The SMILES string of the molecule is N#Cc1cccc(C(F)(F)F)c1C(N)=O. The van der Waals surface area contributed by atoms with Crippen LogP contribution in [-0.4, -0.2) is 5.91 Å². The highest BCUT2D eigenvalue weighted by Gasteiger charge is 2.35. The summed E-state index contributed by atoms with van der Waals surface area (Å²) in [7, 11) is 0. The number of nitrogens with zero attached hydrogens (tertiary/aromatic N) is 1. The first-order valence-corrected chi connectivity index (χ1v) is 3.78. The van der Waals surface area contributed by atoms with E-state index in [0.717, 1.165) is 12.1 Å². The highest BCUT2D eigenvalue weighted by Crippen LogP contribution is 2.32. The van der Waals surface area contributed by atoms with Crippen molar-refractivity contribution in [1.29, 1.82) is 5.26 Å². The minimum absolute atomic E-state index is 0.377. The van der Waals surface area contributed by atoms with Gasteiger partial charge in [-0.1, -0.05) is 6.07 Å². The molecule has 6 heteroatoms. The van der Waals surface area contributed by atoms with Gasteiger partial charge < -0.3 is 5.73 Å². The average molecular weight is 214 g/mol. The Labute approximate surface area is 82.9 Å². The number of hydrogen-bond donors (Lipinski definition) is 1. The summed E-state index contributed by atoms with van der Waals surface area (Å²) in [5.41, 5.74) is 2.45. The van der Waals surface area contributed by atoms with E-state index in [1.54, 1.807) is 0 Å². The zero-order valence-corrected chi connectivity index (χ0v) is 7.30. The molecule has 3 nitrogen and oxygen atoms in total. The van der Waals surface area contributed by atoms with E-state index in [1.165, 1.54) is 6.07 Å². The number of alkyl halides is 3. The van der Waals surface area contributed by atoms with Crippen LogP contribution in [0.15, 0.2) is 18.2 Å². The van der Waals surface area contributed by atoms with Crippen LogP contribution in [0.2, 0.25) is 0 Å². The Hall–Kier alpha value is -2.03. The predicted octanol–water partition coefficient (Wildman–Crippen LogP) is 1.68. The summed E-state index contributed by atoms with van der Waals surface area (Å²) in [6, 6.07) is 4.35. The molecule has 0 atom stereocenters. The molecule has 0 unspecified atom stereocenters. The highest BCUT2D eigenvalue weighted by atomic mass is 19.4. The Bertz CT molecular complexity index is 446. The number of nitrogens with two attached hydrogens (primary N) is 1. The number of amides is 1. The Morgan fingerprint density at radius 3 is 2.40 bits per heavy atom. The fraction of sp³-hybridized carbons (Fsp3) is 0.111. The van der Waals surface area contributed by atoms with E-state index in [1.807, 2.05) is 0 Å². The van der Waals surface area contributed by atoms with E-state index in [4.69, 9.17) is 11.0 Å². The zero-order chi connectivity index (χ0) is 11.6. The van der Waals surface area contributed by atoms with E-state index < -0.39 is 23.2 Å². The van der Waals surface area contributed by atoms with Crippen LogP contribution in [-0.2, 0) is 6.18 Å². The normalized spacial score (nSPS) is 10.8. The van der Waals surface area contributed by atoms with E-state index in [9.17, 15) is 18.0 Å². The molecular formula is C9H5F3N2O. The first-order chi connectivity index (χ1) is 6.88. The number of nitriles is 1. The number of hydrogen-bond acceptors (Lipinski definition) is 2. The number of carbonyl (C=O) groups is 1.